The Morgan fingerprint density at radius 1 is 0.235 bits per heavy atom. The predicted octanol–water partition coefficient (Wildman–Crippen LogP) is 18.3. The molecule has 0 aliphatic rings. The van der Waals surface area contributed by atoms with Crippen molar-refractivity contribution < 1.29 is 0 Å². The van der Waals surface area contributed by atoms with Crippen molar-refractivity contribution in [2.75, 3.05) is 4.90 Å². The highest BCUT2D eigenvalue weighted by atomic mass is 15.1. The Labute approximate surface area is 397 Å². The van der Waals surface area contributed by atoms with Crippen molar-refractivity contribution in [1.82, 2.24) is 4.57 Å². The van der Waals surface area contributed by atoms with Crippen molar-refractivity contribution in [1.29, 1.82) is 0 Å². The Bertz CT molecular complexity index is 3670. The van der Waals surface area contributed by atoms with E-state index in [9.17, 15) is 0 Å². The molecule has 2 heteroatoms. The van der Waals surface area contributed by atoms with Gasteiger partial charge in [-0.3, -0.25) is 0 Å². The molecule has 0 fully saturated rings. The Morgan fingerprint density at radius 2 is 0.662 bits per heavy atom. The normalized spacial score (nSPS) is 11.2. The molecule has 0 radical (unpaired) electrons. The molecule has 11 aromatic carbocycles. The van der Waals surface area contributed by atoms with E-state index in [-0.39, 0.29) is 0 Å². The first-order valence-corrected chi connectivity index (χ1v) is 23.3. The fraction of sp³-hybridized carbons (Fsp3) is 0. The van der Waals surface area contributed by atoms with Crippen LogP contribution in [-0.2, 0) is 0 Å². The maximum Gasteiger partial charge on any atom is 0.0547 e. The lowest BCUT2D eigenvalue weighted by molar-refractivity contribution is 1.18. The molecule has 0 saturated heterocycles. The van der Waals surface area contributed by atoms with Crippen molar-refractivity contribution >= 4 is 38.9 Å². The van der Waals surface area contributed by atoms with Gasteiger partial charge in [0, 0.05) is 33.5 Å². The zero-order valence-corrected chi connectivity index (χ0v) is 37.5. The fourth-order valence-corrected chi connectivity index (χ4v) is 9.94. The molecule has 0 spiro atoms. The minimum atomic E-state index is 1.07. The molecule has 68 heavy (non-hydrogen) atoms. The molecule has 1 heterocycles. The smallest absolute Gasteiger partial charge is 0.0547 e. The molecule has 0 aliphatic carbocycles. The lowest BCUT2D eigenvalue weighted by Crippen LogP contribution is -2.10. The molecule has 1 aromatic heterocycles. The van der Waals surface area contributed by atoms with E-state index in [0.717, 1.165) is 33.9 Å². The first-order valence-electron chi connectivity index (χ1n) is 23.3. The highest BCUT2D eigenvalue weighted by molar-refractivity contribution is 6.16. The summed E-state index contributed by atoms with van der Waals surface area (Å²) in [6, 6.07) is 101. The molecule has 320 valence electrons. The fourth-order valence-electron chi connectivity index (χ4n) is 9.94. The van der Waals surface area contributed by atoms with Crippen LogP contribution in [0, 0.1) is 0 Å². The summed E-state index contributed by atoms with van der Waals surface area (Å²) < 4.78 is 2.40. The van der Waals surface area contributed by atoms with Gasteiger partial charge < -0.3 is 9.47 Å². The Kier molecular flexibility index (Phi) is 10.6. The molecule has 12 rings (SSSR count). The van der Waals surface area contributed by atoms with Crippen LogP contribution in [0.4, 0.5) is 17.1 Å². The third-order valence-electron chi connectivity index (χ3n) is 13.2. The van der Waals surface area contributed by atoms with Gasteiger partial charge in [0.05, 0.1) is 11.0 Å². The molecule has 0 bridgehead atoms. The largest absolute Gasteiger partial charge is 0.310 e. The van der Waals surface area contributed by atoms with Crippen LogP contribution in [0.2, 0.25) is 0 Å². The van der Waals surface area contributed by atoms with Gasteiger partial charge in [-0.05, 0) is 146 Å². The Morgan fingerprint density at radius 3 is 1.25 bits per heavy atom. The topological polar surface area (TPSA) is 8.17 Å². The number of aromatic nitrogens is 1. The summed E-state index contributed by atoms with van der Waals surface area (Å²) >= 11 is 0. The maximum absolute atomic E-state index is 2.40. The van der Waals surface area contributed by atoms with Crippen LogP contribution in [0.5, 0.6) is 0 Å². The van der Waals surface area contributed by atoms with E-state index < -0.39 is 0 Å². The first-order chi connectivity index (χ1) is 33.7. The molecule has 12 aromatic rings. The van der Waals surface area contributed by atoms with Gasteiger partial charge in [-0.2, -0.15) is 0 Å². The number of para-hydroxylation sites is 2. The van der Waals surface area contributed by atoms with E-state index in [1.165, 1.54) is 77.4 Å². The Hall–Kier alpha value is -8.98. The maximum atomic E-state index is 2.40. The third kappa shape index (κ3) is 7.64. The van der Waals surface area contributed by atoms with Crippen LogP contribution in [-0.4, -0.2) is 4.57 Å². The first kappa shape index (κ1) is 40.5. The summed E-state index contributed by atoms with van der Waals surface area (Å²) in [5.74, 6) is 0. The number of rotatable bonds is 10. The van der Waals surface area contributed by atoms with Crippen molar-refractivity contribution in [3.05, 3.63) is 279 Å². The van der Waals surface area contributed by atoms with E-state index in [1.54, 1.807) is 0 Å². The van der Waals surface area contributed by atoms with Crippen LogP contribution >= 0.6 is 0 Å². The summed E-state index contributed by atoms with van der Waals surface area (Å²) in [5.41, 5.74) is 21.0. The van der Waals surface area contributed by atoms with Gasteiger partial charge in [-0.1, -0.05) is 200 Å². The summed E-state index contributed by atoms with van der Waals surface area (Å²) in [4.78, 5) is 2.38. The molecule has 0 aliphatic heterocycles. The second-order valence-electron chi connectivity index (χ2n) is 17.3. The van der Waals surface area contributed by atoms with E-state index in [0.29, 0.717) is 0 Å². The summed E-state index contributed by atoms with van der Waals surface area (Å²) in [6.45, 7) is 0. The van der Waals surface area contributed by atoms with Crippen molar-refractivity contribution in [3.63, 3.8) is 0 Å². The Balaban J connectivity index is 1.00. The standard InChI is InChI=1S/C66H46N2/c1-6-19-47(20-7-1)49-33-37-57(38-34-49)67(59-41-42-60(51-23-10-3-11-24-51)63(46-59)52-25-12-4-13-26-52)58-39-35-50(36-40-58)54-43-53(48-21-8-2-9-22-48)44-55(45-54)61-30-18-32-65-66(61)62-29-16-17-31-64(62)68(65)56-27-14-5-15-28-56/h1-46H. The summed E-state index contributed by atoms with van der Waals surface area (Å²) in [5, 5.41) is 2.49. The van der Waals surface area contributed by atoms with Gasteiger partial charge in [0.2, 0.25) is 0 Å². The average Bonchev–Trinajstić information content (AvgIpc) is 3.77. The number of fused-ring (bicyclic) bond motifs is 3. The average molecular weight is 867 g/mol. The number of benzene rings is 11. The van der Waals surface area contributed by atoms with Crippen LogP contribution < -0.4 is 4.90 Å². The number of anilines is 3. The van der Waals surface area contributed by atoms with Gasteiger partial charge in [0.25, 0.3) is 0 Å². The molecular formula is C66H46N2. The zero-order chi connectivity index (χ0) is 45.2. The third-order valence-corrected chi connectivity index (χ3v) is 13.2. The predicted molar refractivity (Wildman–Crippen MR) is 288 cm³/mol. The monoisotopic (exact) mass is 866 g/mol. The SMILES string of the molecule is c1ccc(-c2ccc(N(c3ccc(-c4cc(-c5ccccc5)cc(-c5cccc6c5c5ccccc5n6-c5ccccc5)c4)cc3)c3ccc(-c4ccccc4)c(-c4ccccc4)c3)cc2)cc1. The second kappa shape index (κ2) is 17.8. The van der Waals surface area contributed by atoms with Crippen molar-refractivity contribution in [2.24, 2.45) is 0 Å². The summed E-state index contributed by atoms with van der Waals surface area (Å²) in [7, 11) is 0. The van der Waals surface area contributed by atoms with Gasteiger partial charge in [-0.15, -0.1) is 0 Å². The molecule has 0 unspecified atom stereocenters. The van der Waals surface area contributed by atoms with Gasteiger partial charge >= 0.3 is 0 Å². The molecule has 2 nitrogen and oxygen atoms in total. The molecular weight excluding hydrogens is 821 g/mol. The quantitative estimate of drug-likeness (QED) is 0.133. The van der Waals surface area contributed by atoms with E-state index in [4.69, 9.17) is 0 Å². The lowest BCUT2D eigenvalue weighted by atomic mass is 9.91. The summed E-state index contributed by atoms with van der Waals surface area (Å²) in [6.07, 6.45) is 0. The van der Waals surface area contributed by atoms with Crippen LogP contribution in [0.3, 0.4) is 0 Å². The number of nitrogens with zero attached hydrogens (tertiary/aromatic N) is 2. The minimum absolute atomic E-state index is 1.07. The van der Waals surface area contributed by atoms with Gasteiger partial charge in [0.1, 0.15) is 0 Å². The van der Waals surface area contributed by atoms with Crippen LogP contribution in [0.25, 0.3) is 94.3 Å². The van der Waals surface area contributed by atoms with E-state index >= 15 is 0 Å². The second-order valence-corrected chi connectivity index (χ2v) is 17.3. The minimum Gasteiger partial charge on any atom is -0.310 e. The van der Waals surface area contributed by atoms with E-state index in [1.807, 2.05) is 0 Å². The lowest BCUT2D eigenvalue weighted by Gasteiger charge is -2.27. The van der Waals surface area contributed by atoms with E-state index in [2.05, 4.69) is 289 Å². The van der Waals surface area contributed by atoms with Crippen LogP contribution in [0.1, 0.15) is 0 Å². The molecule has 0 atom stereocenters. The number of hydrogen-bond donors (Lipinski definition) is 0. The highest BCUT2D eigenvalue weighted by Crippen LogP contribution is 2.44. The number of hydrogen-bond acceptors (Lipinski definition) is 1. The van der Waals surface area contributed by atoms with Gasteiger partial charge in [0.15, 0.2) is 0 Å². The molecule has 0 amide bonds. The molecule has 0 saturated carbocycles. The van der Waals surface area contributed by atoms with Gasteiger partial charge in [-0.25, -0.2) is 0 Å². The molecule has 0 N–H and O–H groups in total. The van der Waals surface area contributed by atoms with Crippen LogP contribution in [0.15, 0.2) is 279 Å². The van der Waals surface area contributed by atoms with Crippen molar-refractivity contribution in [3.8, 4) is 72.4 Å². The highest BCUT2D eigenvalue weighted by Gasteiger charge is 2.20. The zero-order valence-electron chi connectivity index (χ0n) is 37.5. The van der Waals surface area contributed by atoms with Crippen molar-refractivity contribution in [2.45, 2.75) is 0 Å².